The number of hydrogen-bond donors (Lipinski definition) is 1. The van der Waals surface area contributed by atoms with E-state index in [9.17, 15) is 4.79 Å². The van der Waals surface area contributed by atoms with E-state index in [2.05, 4.69) is 21.2 Å². The molecular weight excluding hydrogens is 366 g/mol. The van der Waals surface area contributed by atoms with Gasteiger partial charge in [-0.2, -0.15) is 0 Å². The lowest BCUT2D eigenvalue weighted by Gasteiger charge is -2.11. The summed E-state index contributed by atoms with van der Waals surface area (Å²) in [6.45, 7) is 4.34. The molecular formula is C17H17BrClNO2. The number of halogens is 2. The summed E-state index contributed by atoms with van der Waals surface area (Å²) in [6, 6.07) is 11.2. The van der Waals surface area contributed by atoms with Crippen molar-refractivity contribution in [3.05, 3.63) is 62.6 Å². The van der Waals surface area contributed by atoms with Crippen molar-refractivity contribution in [1.82, 2.24) is 5.32 Å². The van der Waals surface area contributed by atoms with Crippen LogP contribution in [0, 0.1) is 13.8 Å². The maximum atomic E-state index is 11.8. The lowest BCUT2D eigenvalue weighted by Crippen LogP contribution is -2.28. The molecule has 3 nitrogen and oxygen atoms in total. The fourth-order valence-electron chi connectivity index (χ4n) is 2.02. The van der Waals surface area contributed by atoms with Crippen LogP contribution in [0.4, 0.5) is 0 Å². The molecule has 116 valence electrons. The van der Waals surface area contributed by atoms with E-state index >= 15 is 0 Å². The molecule has 0 aromatic heterocycles. The van der Waals surface area contributed by atoms with Crippen molar-refractivity contribution in [1.29, 1.82) is 0 Å². The van der Waals surface area contributed by atoms with E-state index < -0.39 is 0 Å². The first-order valence-electron chi connectivity index (χ1n) is 6.87. The van der Waals surface area contributed by atoms with Crippen molar-refractivity contribution in [2.75, 3.05) is 6.61 Å². The zero-order valence-electron chi connectivity index (χ0n) is 12.5. The summed E-state index contributed by atoms with van der Waals surface area (Å²) in [7, 11) is 0. The third-order valence-electron chi connectivity index (χ3n) is 3.21. The number of ether oxygens (including phenoxy) is 1. The minimum Gasteiger partial charge on any atom is -0.484 e. The average Bonchev–Trinajstić information content (AvgIpc) is 2.49. The Bertz CT molecular complexity index is 665. The number of hydrogen-bond acceptors (Lipinski definition) is 2. The molecule has 2 aromatic carbocycles. The molecule has 0 aliphatic carbocycles. The first-order valence-corrected chi connectivity index (χ1v) is 8.04. The summed E-state index contributed by atoms with van der Waals surface area (Å²) >= 11 is 9.55. The van der Waals surface area contributed by atoms with Gasteiger partial charge in [-0.05, 0) is 48.7 Å². The van der Waals surface area contributed by atoms with Crippen molar-refractivity contribution in [3.8, 4) is 5.75 Å². The number of rotatable bonds is 5. The van der Waals surface area contributed by atoms with Crippen molar-refractivity contribution >= 4 is 33.4 Å². The molecule has 0 saturated carbocycles. The van der Waals surface area contributed by atoms with E-state index in [4.69, 9.17) is 16.3 Å². The molecule has 0 spiro atoms. The Morgan fingerprint density at radius 3 is 2.50 bits per heavy atom. The van der Waals surface area contributed by atoms with E-state index in [0.29, 0.717) is 17.3 Å². The molecule has 2 aromatic rings. The van der Waals surface area contributed by atoms with Gasteiger partial charge in [0.05, 0.1) is 0 Å². The Morgan fingerprint density at radius 1 is 1.23 bits per heavy atom. The van der Waals surface area contributed by atoms with Crippen LogP contribution >= 0.6 is 27.5 Å². The lowest BCUT2D eigenvalue weighted by atomic mass is 10.1. The maximum Gasteiger partial charge on any atom is 0.258 e. The van der Waals surface area contributed by atoms with Gasteiger partial charge in [-0.25, -0.2) is 0 Å². The highest BCUT2D eigenvalue weighted by Gasteiger charge is 2.07. The lowest BCUT2D eigenvalue weighted by molar-refractivity contribution is -0.123. The molecule has 1 N–H and O–H groups in total. The molecule has 0 saturated heterocycles. The fourth-order valence-corrected chi connectivity index (χ4v) is 2.46. The van der Waals surface area contributed by atoms with Gasteiger partial charge in [0, 0.05) is 16.0 Å². The van der Waals surface area contributed by atoms with Gasteiger partial charge >= 0.3 is 0 Å². The molecule has 5 heteroatoms. The Balaban J connectivity index is 1.87. The zero-order chi connectivity index (χ0) is 16.1. The molecule has 1 amide bonds. The smallest absolute Gasteiger partial charge is 0.258 e. The molecule has 0 aliphatic rings. The Kier molecular flexibility index (Phi) is 5.86. The van der Waals surface area contributed by atoms with Gasteiger partial charge in [-0.1, -0.05) is 45.7 Å². The van der Waals surface area contributed by atoms with Crippen LogP contribution < -0.4 is 10.1 Å². The molecule has 0 radical (unpaired) electrons. The normalized spacial score (nSPS) is 10.4. The van der Waals surface area contributed by atoms with Crippen LogP contribution in [0.25, 0.3) is 0 Å². The maximum absolute atomic E-state index is 11.8. The highest BCUT2D eigenvalue weighted by molar-refractivity contribution is 9.10. The van der Waals surface area contributed by atoms with Gasteiger partial charge in [0.25, 0.3) is 5.91 Å². The van der Waals surface area contributed by atoms with Gasteiger partial charge in [-0.3, -0.25) is 4.79 Å². The largest absolute Gasteiger partial charge is 0.484 e. The SMILES string of the molecule is Cc1cc(OCC(=O)NCc2ccccc2Cl)cc(C)c1Br. The van der Waals surface area contributed by atoms with E-state index in [-0.39, 0.29) is 12.5 Å². The second kappa shape index (κ2) is 7.65. The summed E-state index contributed by atoms with van der Waals surface area (Å²) in [5.74, 6) is 0.504. The Morgan fingerprint density at radius 2 is 1.86 bits per heavy atom. The van der Waals surface area contributed by atoms with Crippen molar-refractivity contribution in [3.63, 3.8) is 0 Å². The van der Waals surface area contributed by atoms with Gasteiger partial charge in [0.2, 0.25) is 0 Å². The average molecular weight is 383 g/mol. The highest BCUT2D eigenvalue weighted by Crippen LogP contribution is 2.26. The van der Waals surface area contributed by atoms with E-state index in [0.717, 1.165) is 21.2 Å². The van der Waals surface area contributed by atoms with E-state index in [1.807, 2.05) is 44.2 Å². The quantitative estimate of drug-likeness (QED) is 0.831. The molecule has 0 unspecified atom stereocenters. The third kappa shape index (κ3) is 4.49. The van der Waals surface area contributed by atoms with Gasteiger partial charge in [0.1, 0.15) is 5.75 Å². The molecule has 2 rings (SSSR count). The second-order valence-corrected chi connectivity index (χ2v) is 6.23. The topological polar surface area (TPSA) is 38.3 Å². The second-order valence-electron chi connectivity index (χ2n) is 5.03. The van der Waals surface area contributed by atoms with Crippen LogP contribution in [0.5, 0.6) is 5.75 Å². The van der Waals surface area contributed by atoms with Gasteiger partial charge in [-0.15, -0.1) is 0 Å². The van der Waals surface area contributed by atoms with Crippen LogP contribution in [0.3, 0.4) is 0 Å². The van der Waals surface area contributed by atoms with E-state index in [1.54, 1.807) is 6.07 Å². The summed E-state index contributed by atoms with van der Waals surface area (Å²) in [5.41, 5.74) is 3.03. The van der Waals surface area contributed by atoms with Crippen LogP contribution in [0.15, 0.2) is 40.9 Å². The first-order chi connectivity index (χ1) is 10.5. The fraction of sp³-hybridized carbons (Fsp3) is 0.235. The third-order valence-corrected chi connectivity index (χ3v) is 4.83. The summed E-state index contributed by atoms with van der Waals surface area (Å²) in [6.07, 6.45) is 0. The molecule has 0 aliphatic heterocycles. The van der Waals surface area contributed by atoms with Crippen LogP contribution in [-0.2, 0) is 11.3 Å². The van der Waals surface area contributed by atoms with Crippen LogP contribution in [-0.4, -0.2) is 12.5 Å². The van der Waals surface area contributed by atoms with E-state index in [1.165, 1.54) is 0 Å². The molecule has 22 heavy (non-hydrogen) atoms. The number of carbonyl (C=O) groups excluding carboxylic acids is 1. The standard InChI is InChI=1S/C17H17BrClNO2/c1-11-7-14(8-12(2)17(11)18)22-10-16(21)20-9-13-5-3-4-6-15(13)19/h3-8H,9-10H2,1-2H3,(H,20,21). The van der Waals surface area contributed by atoms with Crippen LogP contribution in [0.1, 0.15) is 16.7 Å². The summed E-state index contributed by atoms with van der Waals surface area (Å²) in [4.78, 5) is 11.8. The zero-order valence-corrected chi connectivity index (χ0v) is 14.8. The summed E-state index contributed by atoms with van der Waals surface area (Å²) in [5, 5.41) is 3.43. The predicted octanol–water partition coefficient (Wildman–Crippen LogP) is 4.41. The minimum absolute atomic E-state index is 0.0229. The number of amides is 1. The molecule has 0 bridgehead atoms. The monoisotopic (exact) mass is 381 g/mol. The van der Waals surface area contributed by atoms with Gasteiger partial charge < -0.3 is 10.1 Å². The highest BCUT2D eigenvalue weighted by atomic mass is 79.9. The number of benzene rings is 2. The summed E-state index contributed by atoms with van der Waals surface area (Å²) < 4.78 is 6.60. The van der Waals surface area contributed by atoms with Crippen molar-refractivity contribution in [2.24, 2.45) is 0 Å². The van der Waals surface area contributed by atoms with Crippen molar-refractivity contribution in [2.45, 2.75) is 20.4 Å². The van der Waals surface area contributed by atoms with Crippen LogP contribution in [0.2, 0.25) is 5.02 Å². The molecule has 0 heterocycles. The Hall–Kier alpha value is -1.52. The molecule has 0 atom stereocenters. The Labute approximate surface area is 143 Å². The predicted molar refractivity (Wildman–Crippen MR) is 92.4 cm³/mol. The molecule has 0 fully saturated rings. The number of aryl methyl sites for hydroxylation is 2. The number of nitrogens with one attached hydrogen (secondary N) is 1. The minimum atomic E-state index is -0.182. The number of carbonyl (C=O) groups is 1. The van der Waals surface area contributed by atoms with Gasteiger partial charge in [0.15, 0.2) is 6.61 Å². The van der Waals surface area contributed by atoms with Crippen molar-refractivity contribution < 1.29 is 9.53 Å². The first kappa shape index (κ1) is 16.8.